The molecule has 0 saturated carbocycles. The molecule has 6 nitrogen and oxygen atoms in total. The van der Waals surface area contributed by atoms with Gasteiger partial charge in [-0.05, 0) is 99.9 Å². The molecule has 0 aliphatic rings. The summed E-state index contributed by atoms with van der Waals surface area (Å²) in [7, 11) is 0. The first kappa shape index (κ1) is 30.1. The predicted molar refractivity (Wildman–Crippen MR) is 145 cm³/mol. The monoisotopic (exact) mass is 502 g/mol. The lowest BCUT2D eigenvalue weighted by Crippen LogP contribution is -2.82. The van der Waals surface area contributed by atoms with Crippen molar-refractivity contribution in [2.45, 2.75) is 77.3 Å². The maximum absolute atomic E-state index is 8.80. The Hall–Kier alpha value is -2.12. The largest absolute Gasteiger partial charge is 0.494 e. The second-order valence-corrected chi connectivity index (χ2v) is 9.53. The van der Waals surface area contributed by atoms with Crippen LogP contribution in [-0.2, 0) is 13.1 Å². The maximum atomic E-state index is 8.80. The fraction of sp³-hybridized carbons (Fsp3) is 0.600. The summed E-state index contributed by atoms with van der Waals surface area (Å²) in [4.78, 5) is 0. The van der Waals surface area contributed by atoms with Gasteiger partial charge in [-0.2, -0.15) is 0 Å². The lowest BCUT2D eigenvalue weighted by molar-refractivity contribution is -0.671. The van der Waals surface area contributed by atoms with Crippen molar-refractivity contribution in [2.24, 2.45) is 0 Å². The number of benzene rings is 2. The Labute approximate surface area is 218 Å². The number of aliphatic hydroxyl groups is 2. The van der Waals surface area contributed by atoms with Crippen molar-refractivity contribution in [3.05, 3.63) is 59.7 Å². The lowest BCUT2D eigenvalue weighted by Gasteiger charge is -2.09. The number of rotatable bonds is 23. The summed E-state index contributed by atoms with van der Waals surface area (Å²) in [5, 5.41) is 22.3. The number of hydrogen-bond acceptors (Lipinski definition) is 4. The van der Waals surface area contributed by atoms with E-state index in [0.717, 1.165) is 76.2 Å². The zero-order valence-electron chi connectivity index (χ0n) is 22.2. The molecule has 0 saturated heterocycles. The topological polar surface area (TPSA) is 92.1 Å². The number of unbranched alkanes of at least 4 members (excludes halogenated alkanes) is 7. The third-order valence-electron chi connectivity index (χ3n) is 6.32. The van der Waals surface area contributed by atoms with Crippen molar-refractivity contribution in [1.29, 1.82) is 0 Å². The SMILES string of the molecule is OCCCCCC[NH2+]Cc1ccc(OCCCCOc2ccc(C[NH2+]CCCCCCO)cc2)cc1. The molecule has 2 aromatic rings. The standard InChI is InChI=1S/C30H48N2O4/c33-21-7-3-1-5-19-31-25-27-11-15-29(16-12-27)35-23-9-10-24-36-30-17-13-28(14-18-30)26-32-20-6-2-4-8-22-34/h11-18,31-34H,1-10,19-26H2/p+2. The van der Waals surface area contributed by atoms with Crippen LogP contribution in [0.5, 0.6) is 11.5 Å². The fourth-order valence-corrected chi connectivity index (χ4v) is 4.07. The average Bonchev–Trinajstić information content (AvgIpc) is 2.91. The molecule has 0 aliphatic carbocycles. The minimum absolute atomic E-state index is 0.314. The average molecular weight is 503 g/mol. The van der Waals surface area contributed by atoms with E-state index in [4.69, 9.17) is 19.7 Å². The van der Waals surface area contributed by atoms with Crippen LogP contribution >= 0.6 is 0 Å². The Morgan fingerprint density at radius 1 is 0.472 bits per heavy atom. The molecule has 0 aliphatic heterocycles. The van der Waals surface area contributed by atoms with E-state index < -0.39 is 0 Å². The number of nitrogens with two attached hydrogens (primary N) is 2. The van der Waals surface area contributed by atoms with Gasteiger partial charge in [0.1, 0.15) is 24.6 Å². The van der Waals surface area contributed by atoms with Crippen molar-refractivity contribution in [3.8, 4) is 11.5 Å². The Balaban J connectivity index is 1.46. The van der Waals surface area contributed by atoms with Crippen LogP contribution in [0.2, 0.25) is 0 Å². The summed E-state index contributed by atoms with van der Waals surface area (Å²) in [6.45, 7) is 6.33. The van der Waals surface area contributed by atoms with Gasteiger partial charge in [0.2, 0.25) is 0 Å². The van der Waals surface area contributed by atoms with Crippen molar-refractivity contribution >= 4 is 0 Å². The highest BCUT2D eigenvalue weighted by atomic mass is 16.5. The molecule has 2 aromatic carbocycles. The molecule has 0 aromatic heterocycles. The molecule has 0 amide bonds. The van der Waals surface area contributed by atoms with Gasteiger partial charge in [0.25, 0.3) is 0 Å². The fourth-order valence-electron chi connectivity index (χ4n) is 4.07. The number of aliphatic hydroxyl groups excluding tert-OH is 2. The lowest BCUT2D eigenvalue weighted by atomic mass is 10.2. The maximum Gasteiger partial charge on any atom is 0.119 e. The molecule has 0 atom stereocenters. The highest BCUT2D eigenvalue weighted by Gasteiger charge is 2.01. The second-order valence-electron chi connectivity index (χ2n) is 9.53. The molecule has 202 valence electrons. The van der Waals surface area contributed by atoms with Gasteiger partial charge in [0.05, 0.1) is 26.3 Å². The van der Waals surface area contributed by atoms with Crippen LogP contribution in [0.4, 0.5) is 0 Å². The van der Waals surface area contributed by atoms with E-state index in [-0.39, 0.29) is 0 Å². The molecule has 0 radical (unpaired) electrons. The summed E-state index contributed by atoms with van der Waals surface area (Å²) in [6.07, 6.45) is 10.9. The van der Waals surface area contributed by atoms with Gasteiger partial charge in [-0.25, -0.2) is 0 Å². The first-order chi connectivity index (χ1) is 17.8. The van der Waals surface area contributed by atoms with Crippen LogP contribution in [-0.4, -0.2) is 49.7 Å². The molecule has 0 heterocycles. The summed E-state index contributed by atoms with van der Waals surface area (Å²) >= 11 is 0. The minimum atomic E-state index is 0.314. The summed E-state index contributed by atoms with van der Waals surface area (Å²) < 4.78 is 11.8. The Morgan fingerprint density at radius 3 is 1.25 bits per heavy atom. The summed E-state index contributed by atoms with van der Waals surface area (Å²) in [5.74, 6) is 1.86. The van der Waals surface area contributed by atoms with Gasteiger partial charge in [-0.3, -0.25) is 0 Å². The third-order valence-corrected chi connectivity index (χ3v) is 6.32. The minimum Gasteiger partial charge on any atom is -0.494 e. The van der Waals surface area contributed by atoms with E-state index in [1.54, 1.807) is 0 Å². The Bertz CT molecular complexity index is 687. The van der Waals surface area contributed by atoms with E-state index in [2.05, 4.69) is 59.2 Å². The van der Waals surface area contributed by atoms with Crippen LogP contribution in [0.15, 0.2) is 48.5 Å². The van der Waals surface area contributed by atoms with E-state index in [9.17, 15) is 0 Å². The van der Waals surface area contributed by atoms with Crippen LogP contribution < -0.4 is 20.1 Å². The molecule has 0 spiro atoms. The van der Waals surface area contributed by atoms with Crippen molar-refractivity contribution in [1.82, 2.24) is 0 Å². The molecule has 0 fully saturated rings. The number of quaternary nitrogens is 2. The van der Waals surface area contributed by atoms with Gasteiger partial charge in [0.15, 0.2) is 0 Å². The first-order valence-corrected chi connectivity index (χ1v) is 14.1. The molecular formula is C30H50N2O4+2. The first-order valence-electron chi connectivity index (χ1n) is 14.1. The van der Waals surface area contributed by atoms with E-state index in [1.165, 1.54) is 36.8 Å². The smallest absolute Gasteiger partial charge is 0.119 e. The molecule has 0 unspecified atom stereocenters. The molecule has 36 heavy (non-hydrogen) atoms. The summed E-state index contributed by atoms with van der Waals surface area (Å²) in [6, 6.07) is 16.9. The quantitative estimate of drug-likeness (QED) is 0.176. The molecule has 0 bridgehead atoms. The molecular weight excluding hydrogens is 452 g/mol. The molecule has 6 heteroatoms. The molecule has 2 rings (SSSR count). The van der Waals surface area contributed by atoms with Crippen LogP contribution in [0.1, 0.15) is 75.3 Å². The van der Waals surface area contributed by atoms with Gasteiger partial charge >= 0.3 is 0 Å². The summed E-state index contributed by atoms with van der Waals surface area (Å²) in [5.41, 5.74) is 2.65. The van der Waals surface area contributed by atoms with E-state index in [1.807, 2.05) is 0 Å². The number of ether oxygens (including phenoxy) is 2. The van der Waals surface area contributed by atoms with Crippen LogP contribution in [0.3, 0.4) is 0 Å². The highest BCUT2D eigenvalue weighted by molar-refractivity contribution is 5.27. The van der Waals surface area contributed by atoms with E-state index >= 15 is 0 Å². The zero-order chi connectivity index (χ0) is 25.5. The Morgan fingerprint density at radius 2 is 0.861 bits per heavy atom. The highest BCUT2D eigenvalue weighted by Crippen LogP contribution is 2.14. The van der Waals surface area contributed by atoms with Crippen molar-refractivity contribution < 1.29 is 30.3 Å². The Kier molecular flexibility index (Phi) is 17.6. The normalized spacial score (nSPS) is 11.1. The van der Waals surface area contributed by atoms with Crippen LogP contribution in [0.25, 0.3) is 0 Å². The van der Waals surface area contributed by atoms with Gasteiger partial charge in [0, 0.05) is 24.3 Å². The van der Waals surface area contributed by atoms with Gasteiger partial charge < -0.3 is 30.3 Å². The third kappa shape index (κ3) is 15.1. The zero-order valence-corrected chi connectivity index (χ0v) is 22.2. The number of hydrogen-bond donors (Lipinski definition) is 4. The van der Waals surface area contributed by atoms with Gasteiger partial charge in [-0.15, -0.1) is 0 Å². The van der Waals surface area contributed by atoms with Crippen molar-refractivity contribution in [2.75, 3.05) is 39.5 Å². The van der Waals surface area contributed by atoms with Crippen LogP contribution in [0, 0.1) is 0 Å². The van der Waals surface area contributed by atoms with Gasteiger partial charge in [-0.1, -0.05) is 12.8 Å². The van der Waals surface area contributed by atoms with E-state index in [0.29, 0.717) is 26.4 Å². The second kappa shape index (κ2) is 21.0. The molecule has 6 N–H and O–H groups in total. The predicted octanol–water partition coefficient (Wildman–Crippen LogP) is 3.16. The van der Waals surface area contributed by atoms with Crippen molar-refractivity contribution in [3.63, 3.8) is 0 Å².